The molecule has 4 N–H and O–H groups in total. The molecule has 0 aromatic heterocycles. The van der Waals surface area contributed by atoms with Gasteiger partial charge in [0.25, 0.3) is 0 Å². The van der Waals surface area contributed by atoms with Crippen molar-refractivity contribution in [3.63, 3.8) is 0 Å². The molecule has 7 nitrogen and oxygen atoms in total. The zero-order chi connectivity index (χ0) is 14.9. The van der Waals surface area contributed by atoms with Crippen molar-refractivity contribution in [2.24, 2.45) is 21.5 Å². The monoisotopic (exact) mass is 313 g/mol. The Hall–Kier alpha value is -2.15. The highest BCUT2D eigenvalue weighted by atomic mass is 35.5. The van der Waals surface area contributed by atoms with Gasteiger partial charge >= 0.3 is 0 Å². The number of methoxy groups -OCH3 is 2. The summed E-state index contributed by atoms with van der Waals surface area (Å²) in [6, 6.07) is 5.49. The first-order valence-electron chi connectivity index (χ1n) is 6.11. The molecule has 21 heavy (non-hydrogen) atoms. The van der Waals surface area contributed by atoms with Crippen LogP contribution in [0.1, 0.15) is 13.8 Å². The largest absolute Gasteiger partial charge is 0.493 e. The number of aliphatic imine (C=N–C) groups is 2. The lowest BCUT2D eigenvalue weighted by Crippen LogP contribution is -2.54. The molecule has 0 amide bonds. The van der Waals surface area contributed by atoms with E-state index in [-0.39, 0.29) is 24.3 Å². The molecule has 1 heterocycles. The Kier molecular flexibility index (Phi) is 4.90. The predicted molar refractivity (Wildman–Crippen MR) is 86.6 cm³/mol. The molecule has 1 aromatic carbocycles. The average Bonchev–Trinajstić information content (AvgIpc) is 2.36. The van der Waals surface area contributed by atoms with Crippen molar-refractivity contribution in [2.75, 3.05) is 19.1 Å². The van der Waals surface area contributed by atoms with Crippen LogP contribution in [-0.4, -0.2) is 31.8 Å². The minimum Gasteiger partial charge on any atom is -0.493 e. The number of nitrogens with zero attached hydrogens (tertiary/aromatic N) is 3. The van der Waals surface area contributed by atoms with Crippen LogP contribution < -0.4 is 25.8 Å². The molecular formula is C13H20ClN5O2. The van der Waals surface area contributed by atoms with Crippen molar-refractivity contribution in [1.29, 1.82) is 0 Å². The van der Waals surface area contributed by atoms with E-state index < -0.39 is 5.66 Å². The summed E-state index contributed by atoms with van der Waals surface area (Å²) in [7, 11) is 3.17. The first kappa shape index (κ1) is 16.9. The van der Waals surface area contributed by atoms with Gasteiger partial charge in [-0.25, -0.2) is 4.99 Å². The number of hydrogen-bond acceptors (Lipinski definition) is 7. The lowest BCUT2D eigenvalue weighted by atomic mass is 10.1. The molecule has 0 bridgehead atoms. The van der Waals surface area contributed by atoms with Gasteiger partial charge in [0.1, 0.15) is 5.66 Å². The van der Waals surface area contributed by atoms with E-state index in [1.165, 1.54) is 0 Å². The Morgan fingerprint density at radius 1 is 1.10 bits per heavy atom. The number of halogens is 1. The van der Waals surface area contributed by atoms with Crippen LogP contribution in [-0.2, 0) is 0 Å². The maximum absolute atomic E-state index is 5.98. The van der Waals surface area contributed by atoms with Crippen LogP contribution in [0.2, 0.25) is 0 Å². The van der Waals surface area contributed by atoms with E-state index in [2.05, 4.69) is 9.98 Å². The van der Waals surface area contributed by atoms with Crippen LogP contribution in [0.5, 0.6) is 11.5 Å². The molecule has 2 rings (SSSR count). The summed E-state index contributed by atoms with van der Waals surface area (Å²) in [5.74, 6) is 1.71. The molecule has 1 aliphatic heterocycles. The van der Waals surface area contributed by atoms with E-state index in [1.807, 2.05) is 26.0 Å². The van der Waals surface area contributed by atoms with E-state index in [0.717, 1.165) is 5.69 Å². The standard InChI is InChI=1S/C13H19N5O2.ClH/c1-13(2)17-11(14)16-12(15)18(13)8-5-6-9(19-3)10(7-8)20-4;/h5-7H,1-4H3,(H4,14,15,16,17);1H. The Balaban J connectivity index is 0.00000220. The highest BCUT2D eigenvalue weighted by molar-refractivity contribution is 6.05. The smallest absolute Gasteiger partial charge is 0.220 e. The van der Waals surface area contributed by atoms with Crippen LogP contribution in [0, 0.1) is 0 Å². The topological polar surface area (TPSA) is 98.5 Å². The van der Waals surface area contributed by atoms with Crippen molar-refractivity contribution in [1.82, 2.24) is 0 Å². The number of anilines is 1. The second-order valence-electron chi connectivity index (χ2n) is 4.81. The van der Waals surface area contributed by atoms with E-state index in [1.54, 1.807) is 25.2 Å². The summed E-state index contributed by atoms with van der Waals surface area (Å²) in [6.45, 7) is 3.80. The molecule has 0 atom stereocenters. The Morgan fingerprint density at radius 2 is 1.71 bits per heavy atom. The number of benzene rings is 1. The van der Waals surface area contributed by atoms with E-state index in [0.29, 0.717) is 11.5 Å². The molecule has 0 saturated heterocycles. The molecule has 0 spiro atoms. The van der Waals surface area contributed by atoms with Gasteiger partial charge < -0.3 is 20.9 Å². The van der Waals surface area contributed by atoms with Crippen LogP contribution >= 0.6 is 12.4 Å². The lowest BCUT2D eigenvalue weighted by Gasteiger charge is -2.38. The fourth-order valence-corrected chi connectivity index (χ4v) is 2.22. The van der Waals surface area contributed by atoms with Gasteiger partial charge in [-0.05, 0) is 26.0 Å². The number of rotatable bonds is 3. The Morgan fingerprint density at radius 3 is 2.24 bits per heavy atom. The van der Waals surface area contributed by atoms with Crippen LogP contribution in [0.4, 0.5) is 5.69 Å². The molecule has 1 aromatic rings. The first-order valence-corrected chi connectivity index (χ1v) is 6.11. The van der Waals surface area contributed by atoms with Crippen LogP contribution in [0.25, 0.3) is 0 Å². The number of ether oxygens (including phenoxy) is 2. The third-order valence-corrected chi connectivity index (χ3v) is 3.02. The van der Waals surface area contributed by atoms with Crippen molar-refractivity contribution < 1.29 is 9.47 Å². The van der Waals surface area contributed by atoms with Crippen molar-refractivity contribution in [2.45, 2.75) is 19.5 Å². The average molecular weight is 314 g/mol. The fourth-order valence-electron chi connectivity index (χ4n) is 2.22. The summed E-state index contributed by atoms with van der Waals surface area (Å²) < 4.78 is 10.5. The summed E-state index contributed by atoms with van der Waals surface area (Å²) >= 11 is 0. The Labute approximate surface area is 130 Å². The zero-order valence-electron chi connectivity index (χ0n) is 12.5. The summed E-state index contributed by atoms with van der Waals surface area (Å²) in [5, 5.41) is 0. The van der Waals surface area contributed by atoms with E-state index in [9.17, 15) is 0 Å². The highest BCUT2D eigenvalue weighted by Gasteiger charge is 2.33. The minimum atomic E-state index is -0.629. The van der Waals surface area contributed by atoms with Gasteiger partial charge in [-0.1, -0.05) is 0 Å². The highest BCUT2D eigenvalue weighted by Crippen LogP contribution is 2.35. The normalized spacial score (nSPS) is 16.5. The van der Waals surface area contributed by atoms with Crippen LogP contribution in [0.15, 0.2) is 28.2 Å². The minimum absolute atomic E-state index is 0. The van der Waals surface area contributed by atoms with Crippen molar-refractivity contribution in [3.05, 3.63) is 18.2 Å². The number of guanidine groups is 2. The molecule has 0 fully saturated rings. The third kappa shape index (κ3) is 3.13. The zero-order valence-corrected chi connectivity index (χ0v) is 13.3. The summed E-state index contributed by atoms with van der Waals surface area (Å²) in [6.07, 6.45) is 0. The fraction of sp³-hybridized carbons (Fsp3) is 0.385. The molecule has 8 heteroatoms. The van der Waals surface area contributed by atoms with Gasteiger partial charge in [0.15, 0.2) is 11.5 Å². The van der Waals surface area contributed by atoms with Gasteiger partial charge in [-0.2, -0.15) is 4.99 Å². The molecule has 0 saturated carbocycles. The summed E-state index contributed by atoms with van der Waals surface area (Å²) in [5.41, 5.74) is 11.8. The first-order chi connectivity index (χ1) is 9.39. The van der Waals surface area contributed by atoms with E-state index in [4.69, 9.17) is 20.9 Å². The SMILES string of the molecule is COc1ccc(N2C(N)=NC(N)=NC2(C)C)cc1OC.Cl. The van der Waals surface area contributed by atoms with Gasteiger partial charge in [0.2, 0.25) is 11.9 Å². The quantitative estimate of drug-likeness (QED) is 0.876. The molecular weight excluding hydrogens is 294 g/mol. The third-order valence-electron chi connectivity index (χ3n) is 3.02. The van der Waals surface area contributed by atoms with Crippen molar-refractivity contribution >= 4 is 30.0 Å². The molecule has 116 valence electrons. The van der Waals surface area contributed by atoms with Gasteiger partial charge in [0, 0.05) is 6.07 Å². The Bertz CT molecular complexity index is 586. The molecule has 1 aliphatic rings. The molecule has 0 unspecified atom stereocenters. The van der Waals surface area contributed by atoms with Gasteiger partial charge in [-0.15, -0.1) is 12.4 Å². The predicted octanol–water partition coefficient (Wildman–Crippen LogP) is 1.31. The lowest BCUT2D eigenvalue weighted by molar-refractivity contribution is 0.355. The second-order valence-corrected chi connectivity index (χ2v) is 4.81. The molecule has 0 radical (unpaired) electrons. The van der Waals surface area contributed by atoms with Crippen LogP contribution in [0.3, 0.4) is 0 Å². The summed E-state index contributed by atoms with van der Waals surface area (Å²) in [4.78, 5) is 10.1. The number of hydrogen-bond donors (Lipinski definition) is 2. The second kappa shape index (κ2) is 6.09. The van der Waals surface area contributed by atoms with Crippen molar-refractivity contribution in [3.8, 4) is 11.5 Å². The van der Waals surface area contributed by atoms with Gasteiger partial charge in [0.05, 0.1) is 19.9 Å². The maximum atomic E-state index is 5.98. The van der Waals surface area contributed by atoms with E-state index >= 15 is 0 Å². The number of nitrogens with two attached hydrogens (primary N) is 2. The van der Waals surface area contributed by atoms with Gasteiger partial charge in [-0.3, -0.25) is 4.90 Å². The molecule has 0 aliphatic carbocycles. The maximum Gasteiger partial charge on any atom is 0.220 e.